The van der Waals surface area contributed by atoms with E-state index in [1.54, 1.807) is 0 Å². The molecule has 3 heterocycles. The van der Waals surface area contributed by atoms with Crippen molar-refractivity contribution in [1.29, 1.82) is 0 Å². The lowest BCUT2D eigenvalue weighted by Crippen LogP contribution is -2.37. The Kier molecular flexibility index (Phi) is 5.90. The molecule has 0 radical (unpaired) electrons. The van der Waals surface area contributed by atoms with Crippen molar-refractivity contribution in [3.63, 3.8) is 0 Å². The molecule has 7 heteroatoms. The van der Waals surface area contributed by atoms with Crippen LogP contribution < -0.4 is 0 Å². The monoisotopic (exact) mass is 414 g/mol. The average Bonchev–Trinajstić information content (AvgIpc) is 3.36. The van der Waals surface area contributed by atoms with Crippen LogP contribution in [0.1, 0.15) is 41.8 Å². The first-order valence-electron chi connectivity index (χ1n) is 10.4. The maximum atomic E-state index is 12.9. The van der Waals surface area contributed by atoms with Crippen LogP contribution in [-0.2, 0) is 42.4 Å². The van der Waals surface area contributed by atoms with Crippen LogP contribution in [0.4, 0.5) is 0 Å². The van der Waals surface area contributed by atoms with Crippen molar-refractivity contribution in [1.82, 2.24) is 19.6 Å². The van der Waals surface area contributed by atoms with Crippen LogP contribution in [0.5, 0.6) is 0 Å². The summed E-state index contributed by atoms with van der Waals surface area (Å²) >= 11 is 6.22. The fourth-order valence-corrected chi connectivity index (χ4v) is 4.55. The van der Waals surface area contributed by atoms with Crippen LogP contribution in [0, 0.1) is 0 Å². The molecule has 29 heavy (non-hydrogen) atoms. The lowest BCUT2D eigenvalue weighted by molar-refractivity contribution is -0.131. The van der Waals surface area contributed by atoms with Crippen LogP contribution in [0.15, 0.2) is 24.3 Å². The molecule has 0 N–H and O–H groups in total. The third-order valence-corrected chi connectivity index (χ3v) is 6.38. The zero-order chi connectivity index (χ0) is 20.4. The second-order valence-corrected chi connectivity index (χ2v) is 8.32. The minimum Gasteiger partial charge on any atom is -0.343 e. The third-order valence-electron chi connectivity index (χ3n) is 6.01. The number of halogens is 1. The summed E-state index contributed by atoms with van der Waals surface area (Å²) in [5.41, 5.74) is 4.09. The smallest absolute Gasteiger partial charge is 0.227 e. The van der Waals surface area contributed by atoms with Crippen molar-refractivity contribution >= 4 is 23.4 Å². The number of fused-ring (bicyclic) bond motifs is 1. The fourth-order valence-electron chi connectivity index (χ4n) is 4.35. The maximum Gasteiger partial charge on any atom is 0.227 e. The number of hydrogen-bond donors (Lipinski definition) is 0. The zero-order valence-electron chi connectivity index (χ0n) is 16.9. The first-order valence-corrected chi connectivity index (χ1v) is 10.7. The van der Waals surface area contributed by atoms with Gasteiger partial charge in [0.15, 0.2) is 0 Å². The molecule has 1 saturated heterocycles. The number of carbonyl (C=O) groups is 2. The molecule has 0 spiro atoms. The number of amides is 2. The summed E-state index contributed by atoms with van der Waals surface area (Å²) in [5.74, 6) is 0.288. The summed E-state index contributed by atoms with van der Waals surface area (Å²) < 4.78 is 1.92. The largest absolute Gasteiger partial charge is 0.343 e. The van der Waals surface area contributed by atoms with E-state index < -0.39 is 0 Å². The maximum absolute atomic E-state index is 12.9. The highest BCUT2D eigenvalue weighted by Gasteiger charge is 2.27. The first-order chi connectivity index (χ1) is 14.0. The van der Waals surface area contributed by atoms with Crippen LogP contribution >= 0.6 is 11.6 Å². The van der Waals surface area contributed by atoms with Crippen LogP contribution in [-0.4, -0.2) is 51.0 Å². The summed E-state index contributed by atoms with van der Waals surface area (Å²) in [6.07, 6.45) is 4.41. The van der Waals surface area contributed by atoms with Gasteiger partial charge in [0.25, 0.3) is 0 Å². The number of carbonyl (C=O) groups excluding carboxylic acids is 2. The number of likely N-dealkylation sites (tertiary alicyclic amines) is 1. The highest BCUT2D eigenvalue weighted by atomic mass is 35.5. The molecule has 2 aliphatic rings. The second-order valence-electron chi connectivity index (χ2n) is 7.92. The lowest BCUT2D eigenvalue weighted by atomic mass is 10.0. The highest BCUT2D eigenvalue weighted by Crippen LogP contribution is 2.25. The summed E-state index contributed by atoms with van der Waals surface area (Å²) in [5, 5.41) is 5.30. The number of hydrogen-bond acceptors (Lipinski definition) is 3. The Morgan fingerprint density at radius 1 is 1.07 bits per heavy atom. The van der Waals surface area contributed by atoms with E-state index >= 15 is 0 Å². The van der Waals surface area contributed by atoms with Crippen LogP contribution in [0.2, 0.25) is 5.02 Å². The van der Waals surface area contributed by atoms with E-state index in [0.29, 0.717) is 37.4 Å². The van der Waals surface area contributed by atoms with E-state index in [1.165, 1.54) is 5.69 Å². The molecule has 6 nitrogen and oxygen atoms in total. The molecule has 4 rings (SSSR count). The Morgan fingerprint density at radius 2 is 1.83 bits per heavy atom. The Balaban J connectivity index is 1.43. The molecule has 0 unspecified atom stereocenters. The zero-order valence-corrected chi connectivity index (χ0v) is 17.6. The van der Waals surface area contributed by atoms with Gasteiger partial charge in [-0.05, 0) is 24.5 Å². The van der Waals surface area contributed by atoms with Gasteiger partial charge in [0.05, 0.1) is 12.1 Å². The van der Waals surface area contributed by atoms with Crippen molar-refractivity contribution in [3.05, 3.63) is 51.8 Å². The fraction of sp³-hybridized carbons (Fsp3) is 0.500. The topological polar surface area (TPSA) is 58.4 Å². The summed E-state index contributed by atoms with van der Waals surface area (Å²) in [6, 6.07) is 7.48. The van der Waals surface area contributed by atoms with Crippen LogP contribution in [0.3, 0.4) is 0 Å². The van der Waals surface area contributed by atoms with E-state index in [2.05, 4.69) is 5.10 Å². The standard InChI is InChI=1S/C22H27ClN4O2/c1-25-20-10-13-27(22(29)14-16-6-2-3-7-18(16)23)15-17(20)19(24-25)8-9-21(28)26-11-4-5-12-26/h2-3,6-7H,4-5,8-15H2,1H3. The lowest BCUT2D eigenvalue weighted by Gasteiger charge is -2.28. The molecule has 0 bridgehead atoms. The van der Waals surface area contributed by atoms with Crippen LogP contribution in [0.25, 0.3) is 0 Å². The molecule has 1 aromatic carbocycles. The third kappa shape index (κ3) is 4.32. The predicted octanol–water partition coefficient (Wildman–Crippen LogP) is 2.76. The Bertz CT molecular complexity index is 918. The van der Waals surface area contributed by atoms with Gasteiger partial charge >= 0.3 is 0 Å². The first kappa shape index (κ1) is 20.0. The molecular formula is C22H27ClN4O2. The van der Waals surface area contributed by atoms with Gasteiger partial charge in [0, 0.05) is 68.8 Å². The average molecular weight is 415 g/mol. The molecule has 0 atom stereocenters. The minimum absolute atomic E-state index is 0.0756. The minimum atomic E-state index is 0.0756. The Labute approximate surface area is 176 Å². The number of rotatable bonds is 5. The predicted molar refractivity (Wildman–Crippen MR) is 112 cm³/mol. The number of nitrogens with zero attached hydrogens (tertiary/aromatic N) is 4. The molecule has 1 fully saturated rings. The normalized spacial score (nSPS) is 16.2. The van der Waals surface area contributed by atoms with Gasteiger partial charge in [-0.2, -0.15) is 5.10 Å². The Morgan fingerprint density at radius 3 is 2.59 bits per heavy atom. The molecule has 154 valence electrons. The second kappa shape index (κ2) is 8.57. The number of benzene rings is 1. The van der Waals surface area contributed by atoms with Crippen molar-refractivity contribution < 1.29 is 9.59 Å². The number of aromatic nitrogens is 2. The van der Waals surface area contributed by atoms with E-state index in [-0.39, 0.29) is 11.8 Å². The van der Waals surface area contributed by atoms with Crippen molar-refractivity contribution in [2.24, 2.45) is 7.05 Å². The van der Waals surface area contributed by atoms with Gasteiger partial charge in [0.2, 0.25) is 11.8 Å². The van der Waals surface area contributed by atoms with E-state index in [0.717, 1.165) is 49.2 Å². The quantitative estimate of drug-likeness (QED) is 0.755. The summed E-state index contributed by atoms with van der Waals surface area (Å²) in [7, 11) is 1.95. The molecular weight excluding hydrogens is 388 g/mol. The Hall–Kier alpha value is -2.34. The van der Waals surface area contributed by atoms with Gasteiger partial charge in [-0.25, -0.2) is 0 Å². The highest BCUT2D eigenvalue weighted by molar-refractivity contribution is 6.31. The summed E-state index contributed by atoms with van der Waals surface area (Å²) in [6.45, 7) is 2.99. The SMILES string of the molecule is Cn1nc(CCC(=O)N2CCCC2)c2c1CCN(C(=O)Cc1ccccc1Cl)C2. The van der Waals surface area contributed by atoms with Gasteiger partial charge in [-0.15, -0.1) is 0 Å². The van der Waals surface area contributed by atoms with Crippen molar-refractivity contribution in [2.75, 3.05) is 19.6 Å². The van der Waals surface area contributed by atoms with E-state index in [4.69, 9.17) is 11.6 Å². The molecule has 2 amide bonds. The molecule has 1 aromatic heterocycles. The van der Waals surface area contributed by atoms with E-state index in [1.807, 2.05) is 45.8 Å². The molecule has 2 aromatic rings. The number of aryl methyl sites for hydroxylation is 2. The molecule has 0 saturated carbocycles. The molecule has 0 aliphatic carbocycles. The molecule has 2 aliphatic heterocycles. The van der Waals surface area contributed by atoms with E-state index in [9.17, 15) is 9.59 Å². The van der Waals surface area contributed by atoms with Crippen molar-refractivity contribution in [2.45, 2.75) is 45.1 Å². The van der Waals surface area contributed by atoms with Crippen molar-refractivity contribution in [3.8, 4) is 0 Å². The van der Waals surface area contributed by atoms with Gasteiger partial charge in [0.1, 0.15) is 0 Å². The van der Waals surface area contributed by atoms with Gasteiger partial charge in [-0.3, -0.25) is 14.3 Å². The van der Waals surface area contributed by atoms with Gasteiger partial charge in [-0.1, -0.05) is 29.8 Å². The summed E-state index contributed by atoms with van der Waals surface area (Å²) in [4.78, 5) is 29.1. The van der Waals surface area contributed by atoms with Gasteiger partial charge < -0.3 is 9.80 Å².